The van der Waals surface area contributed by atoms with Gasteiger partial charge in [0.2, 0.25) is 5.91 Å². The standard InChI is InChI=1S/C16H17N3O2/c17-13-7-4-8-14-16(13)19(9-10-21-14)11-15(20)18-12-5-2-1-3-6-12/h1-8H,9-11,17H2,(H,18,20). The molecule has 5 heteroatoms. The number of carbonyl (C=O) groups is 1. The number of nitrogens with zero attached hydrogens (tertiary/aromatic N) is 1. The van der Waals surface area contributed by atoms with E-state index >= 15 is 0 Å². The fraction of sp³-hybridized carbons (Fsp3) is 0.188. The monoisotopic (exact) mass is 283 g/mol. The van der Waals surface area contributed by atoms with Crippen molar-refractivity contribution in [2.75, 3.05) is 35.6 Å². The third kappa shape index (κ3) is 2.91. The predicted molar refractivity (Wildman–Crippen MR) is 83.6 cm³/mol. The summed E-state index contributed by atoms with van der Waals surface area (Å²) in [6, 6.07) is 14.9. The molecule has 0 saturated carbocycles. The van der Waals surface area contributed by atoms with Crippen LogP contribution in [0.5, 0.6) is 5.75 Å². The van der Waals surface area contributed by atoms with E-state index in [0.717, 1.165) is 17.1 Å². The first-order valence-corrected chi connectivity index (χ1v) is 6.85. The normalized spacial score (nSPS) is 13.2. The van der Waals surface area contributed by atoms with Gasteiger partial charge in [-0.2, -0.15) is 0 Å². The average Bonchev–Trinajstić information content (AvgIpc) is 2.48. The van der Waals surface area contributed by atoms with Crippen LogP contribution < -0.4 is 20.7 Å². The predicted octanol–water partition coefficient (Wildman–Crippen LogP) is 2.11. The second-order valence-corrected chi connectivity index (χ2v) is 4.88. The van der Waals surface area contributed by atoms with Crippen LogP contribution in [-0.2, 0) is 4.79 Å². The molecule has 3 N–H and O–H groups in total. The lowest BCUT2D eigenvalue weighted by Crippen LogP contribution is -2.39. The summed E-state index contributed by atoms with van der Waals surface area (Å²) in [6.45, 7) is 1.44. The largest absolute Gasteiger partial charge is 0.489 e. The van der Waals surface area contributed by atoms with Gasteiger partial charge in [0.05, 0.1) is 18.8 Å². The number of anilines is 3. The number of para-hydroxylation sites is 2. The molecule has 0 bridgehead atoms. The van der Waals surface area contributed by atoms with Crippen LogP contribution in [0.4, 0.5) is 17.1 Å². The molecule has 1 aliphatic heterocycles. The van der Waals surface area contributed by atoms with Crippen LogP contribution in [0, 0.1) is 0 Å². The molecular weight excluding hydrogens is 266 g/mol. The summed E-state index contributed by atoms with van der Waals surface area (Å²) in [4.78, 5) is 14.1. The first-order chi connectivity index (χ1) is 10.2. The zero-order chi connectivity index (χ0) is 14.7. The molecule has 1 aliphatic rings. The Morgan fingerprint density at radius 2 is 2.00 bits per heavy atom. The molecule has 0 aromatic heterocycles. The molecular formula is C16H17N3O2. The lowest BCUT2D eigenvalue weighted by atomic mass is 10.2. The highest BCUT2D eigenvalue weighted by atomic mass is 16.5. The van der Waals surface area contributed by atoms with Crippen LogP contribution >= 0.6 is 0 Å². The van der Waals surface area contributed by atoms with Crippen LogP contribution in [0.2, 0.25) is 0 Å². The SMILES string of the molecule is Nc1cccc2c1N(CC(=O)Nc1ccccc1)CCO2. The van der Waals surface area contributed by atoms with Gasteiger partial charge in [0.15, 0.2) is 0 Å². The molecule has 1 heterocycles. The summed E-state index contributed by atoms with van der Waals surface area (Å²) in [6.07, 6.45) is 0. The number of nitrogens with one attached hydrogen (secondary N) is 1. The molecule has 0 unspecified atom stereocenters. The second-order valence-electron chi connectivity index (χ2n) is 4.88. The van der Waals surface area contributed by atoms with Gasteiger partial charge in [-0.3, -0.25) is 4.79 Å². The third-order valence-corrected chi connectivity index (χ3v) is 3.36. The molecule has 2 aromatic rings. The molecule has 21 heavy (non-hydrogen) atoms. The lowest BCUT2D eigenvalue weighted by molar-refractivity contribution is -0.115. The van der Waals surface area contributed by atoms with E-state index in [0.29, 0.717) is 18.8 Å². The van der Waals surface area contributed by atoms with E-state index in [-0.39, 0.29) is 12.5 Å². The van der Waals surface area contributed by atoms with Crippen molar-refractivity contribution in [2.45, 2.75) is 0 Å². The van der Waals surface area contributed by atoms with Crippen molar-refractivity contribution in [3.8, 4) is 5.75 Å². The van der Waals surface area contributed by atoms with E-state index in [4.69, 9.17) is 10.5 Å². The van der Waals surface area contributed by atoms with Gasteiger partial charge in [-0.1, -0.05) is 24.3 Å². The van der Waals surface area contributed by atoms with Crippen LogP contribution in [0.3, 0.4) is 0 Å². The minimum atomic E-state index is -0.0719. The van der Waals surface area contributed by atoms with Crippen molar-refractivity contribution in [3.63, 3.8) is 0 Å². The number of carbonyl (C=O) groups excluding carboxylic acids is 1. The van der Waals surface area contributed by atoms with Crippen molar-refractivity contribution in [1.29, 1.82) is 0 Å². The van der Waals surface area contributed by atoms with Crippen molar-refractivity contribution in [2.24, 2.45) is 0 Å². The Hall–Kier alpha value is -2.69. The molecule has 0 radical (unpaired) electrons. The van der Waals surface area contributed by atoms with Crippen LogP contribution in [0.15, 0.2) is 48.5 Å². The highest BCUT2D eigenvalue weighted by molar-refractivity contribution is 5.95. The van der Waals surface area contributed by atoms with Crippen LogP contribution in [0.1, 0.15) is 0 Å². The van der Waals surface area contributed by atoms with Gasteiger partial charge in [-0.15, -0.1) is 0 Å². The summed E-state index contributed by atoms with van der Waals surface area (Å²) in [5.74, 6) is 0.658. The Balaban J connectivity index is 1.73. The van der Waals surface area contributed by atoms with E-state index in [1.165, 1.54) is 0 Å². The highest BCUT2D eigenvalue weighted by Crippen LogP contribution is 2.36. The molecule has 0 fully saturated rings. The van der Waals surface area contributed by atoms with Gasteiger partial charge in [-0.05, 0) is 24.3 Å². The van der Waals surface area contributed by atoms with Crippen molar-refractivity contribution < 1.29 is 9.53 Å². The molecule has 2 aromatic carbocycles. The first-order valence-electron chi connectivity index (χ1n) is 6.85. The number of benzene rings is 2. The maximum Gasteiger partial charge on any atom is 0.243 e. The van der Waals surface area contributed by atoms with Crippen LogP contribution in [-0.4, -0.2) is 25.6 Å². The minimum absolute atomic E-state index is 0.0719. The Labute approximate surface area is 123 Å². The zero-order valence-electron chi connectivity index (χ0n) is 11.6. The summed E-state index contributed by atoms with van der Waals surface area (Å²) in [5, 5.41) is 2.88. The molecule has 5 nitrogen and oxygen atoms in total. The molecule has 1 amide bonds. The van der Waals surface area contributed by atoms with E-state index in [2.05, 4.69) is 5.32 Å². The summed E-state index contributed by atoms with van der Waals surface area (Å²) in [5.41, 5.74) is 8.22. The summed E-state index contributed by atoms with van der Waals surface area (Å²) < 4.78 is 5.58. The molecule has 0 spiro atoms. The van der Waals surface area contributed by atoms with Crippen molar-refractivity contribution in [3.05, 3.63) is 48.5 Å². The van der Waals surface area contributed by atoms with Crippen LogP contribution in [0.25, 0.3) is 0 Å². The van der Waals surface area contributed by atoms with E-state index in [1.54, 1.807) is 0 Å². The summed E-state index contributed by atoms with van der Waals surface area (Å²) in [7, 11) is 0. The Morgan fingerprint density at radius 1 is 1.19 bits per heavy atom. The number of nitrogens with two attached hydrogens (primary N) is 1. The Kier molecular flexibility index (Phi) is 3.64. The van der Waals surface area contributed by atoms with Gasteiger partial charge in [0, 0.05) is 5.69 Å². The van der Waals surface area contributed by atoms with Crippen molar-refractivity contribution in [1.82, 2.24) is 0 Å². The number of fused-ring (bicyclic) bond motifs is 1. The topological polar surface area (TPSA) is 67.6 Å². The number of rotatable bonds is 3. The number of ether oxygens (including phenoxy) is 1. The molecule has 0 atom stereocenters. The van der Waals surface area contributed by atoms with E-state index in [1.807, 2.05) is 53.4 Å². The third-order valence-electron chi connectivity index (χ3n) is 3.36. The second kappa shape index (κ2) is 5.75. The molecule has 3 rings (SSSR count). The highest BCUT2D eigenvalue weighted by Gasteiger charge is 2.22. The maximum absolute atomic E-state index is 12.2. The molecule has 0 saturated heterocycles. The van der Waals surface area contributed by atoms with Gasteiger partial charge in [0.25, 0.3) is 0 Å². The smallest absolute Gasteiger partial charge is 0.243 e. The maximum atomic E-state index is 12.2. The quantitative estimate of drug-likeness (QED) is 0.847. The van der Waals surface area contributed by atoms with Gasteiger partial charge >= 0.3 is 0 Å². The van der Waals surface area contributed by atoms with Crippen molar-refractivity contribution >= 4 is 23.0 Å². The number of hydrogen-bond acceptors (Lipinski definition) is 4. The zero-order valence-corrected chi connectivity index (χ0v) is 11.6. The Morgan fingerprint density at radius 3 is 2.81 bits per heavy atom. The fourth-order valence-electron chi connectivity index (χ4n) is 2.43. The summed E-state index contributed by atoms with van der Waals surface area (Å²) >= 11 is 0. The Bertz CT molecular complexity index is 643. The number of hydrogen-bond donors (Lipinski definition) is 2. The first kappa shape index (κ1) is 13.3. The van der Waals surface area contributed by atoms with Gasteiger partial charge in [-0.25, -0.2) is 0 Å². The number of nitrogen functional groups attached to an aromatic ring is 1. The molecule has 0 aliphatic carbocycles. The fourth-order valence-corrected chi connectivity index (χ4v) is 2.43. The lowest BCUT2D eigenvalue weighted by Gasteiger charge is -2.31. The van der Waals surface area contributed by atoms with E-state index in [9.17, 15) is 4.79 Å². The van der Waals surface area contributed by atoms with Gasteiger partial charge in [0.1, 0.15) is 18.0 Å². The number of amides is 1. The van der Waals surface area contributed by atoms with Gasteiger partial charge < -0.3 is 20.7 Å². The average molecular weight is 283 g/mol. The molecule has 108 valence electrons. The minimum Gasteiger partial charge on any atom is -0.489 e. The van der Waals surface area contributed by atoms with E-state index < -0.39 is 0 Å².